The van der Waals surface area contributed by atoms with Gasteiger partial charge >= 0.3 is 18.9 Å². The third-order valence-corrected chi connectivity index (χ3v) is 15.9. The van der Waals surface area contributed by atoms with Crippen LogP contribution in [-0.2, 0) is 36.9 Å². The lowest BCUT2D eigenvalue weighted by Gasteiger charge is -2.47. The fourth-order valence-electron chi connectivity index (χ4n) is 10.4. The molecule has 3 aliphatic heterocycles. The molecule has 2 bridgehead atoms. The summed E-state index contributed by atoms with van der Waals surface area (Å²) in [6, 6.07) is 11.7. The summed E-state index contributed by atoms with van der Waals surface area (Å²) in [5.41, 5.74) is -3.53. The van der Waals surface area contributed by atoms with Crippen LogP contribution in [0.25, 0.3) is 11.3 Å². The van der Waals surface area contributed by atoms with Gasteiger partial charge in [-0.15, -0.1) is 0 Å². The fraction of sp³-hybridized carbons (Fsp3) is 0.544. The van der Waals surface area contributed by atoms with Crippen molar-refractivity contribution in [1.29, 1.82) is 0 Å². The molecule has 2 unspecified atom stereocenters. The van der Waals surface area contributed by atoms with Gasteiger partial charge in [0.15, 0.2) is 5.78 Å². The first-order chi connectivity index (χ1) is 38.0. The number of benzene rings is 2. The van der Waals surface area contributed by atoms with Crippen molar-refractivity contribution in [3.05, 3.63) is 101 Å². The molecule has 2 amide bonds. The highest BCUT2D eigenvalue weighted by Gasteiger charge is 2.57. The third kappa shape index (κ3) is 14.6. The van der Waals surface area contributed by atoms with E-state index < -0.39 is 120 Å². The van der Waals surface area contributed by atoms with Gasteiger partial charge < -0.3 is 20.1 Å². The van der Waals surface area contributed by atoms with Crippen LogP contribution < -0.4 is 15.6 Å². The monoisotopic (exact) mass is 1150 g/mol. The molecule has 0 radical (unpaired) electrons. The number of ether oxygens (including phenoxy) is 1. The molecule has 3 saturated heterocycles. The number of alkyl halides is 8. The summed E-state index contributed by atoms with van der Waals surface area (Å²) in [6.45, 7) is 3.57. The Morgan fingerprint density at radius 1 is 0.815 bits per heavy atom. The molecule has 6 atom stereocenters. The minimum absolute atomic E-state index is 0.226. The molecule has 2 aromatic heterocycles. The van der Waals surface area contributed by atoms with Gasteiger partial charge in [0.1, 0.15) is 29.3 Å². The first kappa shape index (κ1) is 62.2. The maximum absolute atomic E-state index is 16.1. The molecule has 440 valence electrons. The van der Waals surface area contributed by atoms with Crippen LogP contribution >= 0.6 is 0 Å². The molecule has 3 fully saturated rings. The van der Waals surface area contributed by atoms with E-state index in [0.29, 0.717) is 67.5 Å². The van der Waals surface area contributed by atoms with E-state index in [1.54, 1.807) is 30.5 Å². The summed E-state index contributed by atoms with van der Waals surface area (Å²) >= 11 is 0. The lowest BCUT2D eigenvalue weighted by atomic mass is 9.74. The number of carbonyl (C=O) groups excluding carboxylic acids is 4. The second kappa shape index (κ2) is 25.4. The normalized spacial score (nSPS) is 18.7. The molecule has 24 heteroatoms. The zero-order valence-electron chi connectivity index (χ0n) is 45.6. The highest BCUT2D eigenvalue weighted by Crippen LogP contribution is 2.46. The average Bonchev–Trinajstić information content (AvgIpc) is 4.18. The van der Waals surface area contributed by atoms with Crippen LogP contribution in [0.2, 0.25) is 0 Å². The van der Waals surface area contributed by atoms with Crippen molar-refractivity contribution in [2.24, 2.45) is 22.7 Å². The molecular formula is C57H66F10N8O6. The van der Waals surface area contributed by atoms with E-state index in [9.17, 15) is 59.4 Å². The molecule has 81 heavy (non-hydrogen) atoms. The Bertz CT molecular complexity index is 2900. The highest BCUT2D eigenvalue weighted by atomic mass is 19.4. The number of aromatic nitrogens is 3. The van der Waals surface area contributed by atoms with E-state index in [1.165, 1.54) is 13.8 Å². The van der Waals surface area contributed by atoms with Crippen LogP contribution in [-0.4, -0.2) is 129 Å². The number of nitrogens with zero attached hydrogens (tertiary/aromatic N) is 6. The van der Waals surface area contributed by atoms with Gasteiger partial charge in [0.05, 0.1) is 47.8 Å². The van der Waals surface area contributed by atoms with Crippen molar-refractivity contribution >= 4 is 29.2 Å². The van der Waals surface area contributed by atoms with E-state index in [2.05, 4.69) is 37.5 Å². The van der Waals surface area contributed by atoms with Crippen molar-refractivity contribution in [2.75, 3.05) is 37.7 Å². The summed E-state index contributed by atoms with van der Waals surface area (Å²) in [5, 5.41) is 18.6. The third-order valence-electron chi connectivity index (χ3n) is 15.9. The van der Waals surface area contributed by atoms with E-state index in [4.69, 9.17) is 9.72 Å². The number of fused-ring (bicyclic) bond motifs is 2. The van der Waals surface area contributed by atoms with Crippen molar-refractivity contribution < 1.29 is 72.9 Å². The Kier molecular flexibility index (Phi) is 19.5. The number of rotatable bonds is 23. The number of hydrogen-bond donors (Lipinski definition) is 3. The molecule has 7 rings (SSSR count). The van der Waals surface area contributed by atoms with Crippen molar-refractivity contribution in [3.8, 4) is 23.1 Å². The number of halogens is 10. The number of pyridine rings is 1. The number of anilines is 1. The van der Waals surface area contributed by atoms with Gasteiger partial charge in [0.25, 0.3) is 0 Å². The average molecular weight is 1150 g/mol. The van der Waals surface area contributed by atoms with E-state index in [0.717, 1.165) is 69.4 Å². The minimum atomic E-state index is -5.09. The van der Waals surface area contributed by atoms with Crippen molar-refractivity contribution in [2.45, 2.75) is 142 Å². The van der Waals surface area contributed by atoms with Crippen LogP contribution in [0.5, 0.6) is 0 Å². The van der Waals surface area contributed by atoms with Crippen molar-refractivity contribution in [3.63, 3.8) is 0 Å². The fourth-order valence-corrected chi connectivity index (χ4v) is 10.4. The summed E-state index contributed by atoms with van der Waals surface area (Å²) < 4.78 is 152. The van der Waals surface area contributed by atoms with Gasteiger partial charge in [-0.3, -0.25) is 29.5 Å². The molecule has 3 aliphatic rings. The van der Waals surface area contributed by atoms with Crippen molar-refractivity contribution in [1.82, 2.24) is 35.4 Å². The number of aliphatic hydroxyl groups is 1. The number of Topliss-reactive ketones (excluding diaryl/α,β-unsaturated/α-hetero) is 2. The minimum Gasteiger partial charge on any atom is -0.391 e. The zero-order valence-corrected chi connectivity index (χ0v) is 45.6. The van der Waals surface area contributed by atoms with Crippen LogP contribution in [0.3, 0.4) is 0 Å². The van der Waals surface area contributed by atoms with Gasteiger partial charge in [-0.2, -0.15) is 40.2 Å². The molecule has 5 heterocycles. The van der Waals surface area contributed by atoms with E-state index in [1.807, 2.05) is 12.1 Å². The SMILES string of the molecule is CCC(=O)C[C@H](C(=O)NN(Cc1c(F)cc(-c2ccn(C(F)F)n2)cc1F)C[C@H](O)[C@@H](CC(=O)[C@@H](NC(=O)CC)C(C)(C)C(F)(F)F)Cc1ccc(C#Cc2ccc(N3CC4CCC(C3)N4C3COC3)nc2)cc1)C(C)(C)C(F)(F)F. The van der Waals surface area contributed by atoms with E-state index >= 15 is 8.78 Å². The van der Waals surface area contributed by atoms with Crippen LogP contribution in [0.15, 0.2) is 67.0 Å². The Balaban J connectivity index is 1.18. The molecule has 0 saturated carbocycles. The number of hydrazine groups is 1. The number of carbonyl (C=O) groups is 4. The Hall–Kier alpha value is -6.42. The number of ketones is 2. The smallest absolute Gasteiger partial charge is 0.391 e. The van der Waals surface area contributed by atoms with Crippen LogP contribution in [0, 0.1) is 46.1 Å². The number of nitrogens with one attached hydrogen (secondary N) is 2. The Morgan fingerprint density at radius 2 is 1.42 bits per heavy atom. The van der Waals surface area contributed by atoms with Gasteiger partial charge in [-0.05, 0) is 87.1 Å². The summed E-state index contributed by atoms with van der Waals surface area (Å²) in [5.74, 6) is -3.68. The predicted octanol–water partition coefficient (Wildman–Crippen LogP) is 9.14. The number of amides is 2. The lowest BCUT2D eigenvalue weighted by molar-refractivity contribution is -0.230. The van der Waals surface area contributed by atoms with Crippen LogP contribution in [0.4, 0.5) is 49.7 Å². The molecule has 4 aromatic rings. The Morgan fingerprint density at radius 3 is 1.94 bits per heavy atom. The first-order valence-corrected chi connectivity index (χ1v) is 26.7. The van der Waals surface area contributed by atoms with Gasteiger partial charge in [0, 0.05) is 98.6 Å². The predicted molar refractivity (Wildman–Crippen MR) is 278 cm³/mol. The highest BCUT2D eigenvalue weighted by molar-refractivity contribution is 5.90. The molecule has 3 N–H and O–H groups in total. The summed E-state index contributed by atoms with van der Waals surface area (Å²) in [7, 11) is 0. The largest absolute Gasteiger partial charge is 0.396 e. The molecule has 0 spiro atoms. The summed E-state index contributed by atoms with van der Waals surface area (Å²) in [4.78, 5) is 63.4. The topological polar surface area (TPSA) is 162 Å². The molecule has 0 aliphatic carbocycles. The maximum Gasteiger partial charge on any atom is 0.396 e. The molecular weight excluding hydrogens is 1080 g/mol. The lowest BCUT2D eigenvalue weighted by Crippen LogP contribution is -2.62. The molecule has 2 aromatic carbocycles. The number of hydrogen-bond acceptors (Lipinski definition) is 11. The number of piperazine rings is 1. The standard InChI is InChI=1S/C57H66F10N8O6/c1-7-41(76)25-43(54(3,4)56(62,63)64)52(80)71-73(29-42-44(58)22-36(23-45(42)59)46-19-20-74(70-46)53(60)61)30-48(78)37(24-47(77)51(69-50(79)8-2)55(5,6)57(65,66)67)21-34-12-9-33(10-13-34)11-14-35-15-18-49(68-26-35)72-27-38-16-17-39(28-72)75(38)40-31-81-32-40/h9-10,12-13,15,18-20,22-23,26,37-40,43,48,51,53,78H,7-8,16-17,21,24-25,27-32H2,1-6H3,(H,69,79)(H,71,80)/t37-,38?,39?,43-,48+,51-/m1/s1. The zero-order chi connectivity index (χ0) is 59.4. The Labute approximate surface area is 462 Å². The van der Waals surface area contributed by atoms with Crippen LogP contribution in [0.1, 0.15) is 109 Å². The van der Waals surface area contributed by atoms with E-state index in [-0.39, 0.29) is 35.2 Å². The van der Waals surface area contributed by atoms with Gasteiger partial charge in [-0.25, -0.2) is 23.5 Å². The second-order valence-electron chi connectivity index (χ2n) is 22.2. The first-order valence-electron chi connectivity index (χ1n) is 26.7. The maximum atomic E-state index is 16.1. The number of aliphatic hydroxyl groups excluding tert-OH is 1. The van der Waals surface area contributed by atoms with Gasteiger partial charge in [0.2, 0.25) is 11.8 Å². The second-order valence-corrected chi connectivity index (χ2v) is 22.2. The van der Waals surface area contributed by atoms with Gasteiger partial charge in [-0.1, -0.05) is 51.7 Å². The quantitative estimate of drug-likeness (QED) is 0.0369. The summed E-state index contributed by atoms with van der Waals surface area (Å²) in [6.07, 6.45) is -10.1. The molecule has 14 nitrogen and oxygen atoms in total.